The van der Waals surface area contributed by atoms with Crippen LogP contribution >= 0.6 is 57.7 Å². The van der Waals surface area contributed by atoms with Gasteiger partial charge in [-0.1, -0.05) is 64.6 Å². The molecule has 0 aliphatic heterocycles. The van der Waals surface area contributed by atoms with E-state index in [1.54, 1.807) is 5.38 Å². The number of benzene rings is 2. The van der Waals surface area contributed by atoms with E-state index < -0.39 is 0 Å². The van der Waals surface area contributed by atoms with E-state index in [1.165, 1.54) is 17.4 Å². The normalized spacial score (nSPS) is 11.0. The van der Waals surface area contributed by atoms with Gasteiger partial charge in [-0.2, -0.15) is 0 Å². The molecule has 0 saturated carbocycles. The highest BCUT2D eigenvalue weighted by atomic mass is 35.5. The molecule has 1 heterocycles. The number of fused-ring (bicyclic) bond motifs is 1. The lowest BCUT2D eigenvalue weighted by Crippen LogP contribution is -2.03. The van der Waals surface area contributed by atoms with E-state index in [1.807, 2.05) is 24.3 Å². The van der Waals surface area contributed by atoms with Crippen LogP contribution in [0, 0.1) is 0 Å². The second kappa shape index (κ2) is 5.79. The minimum Gasteiger partial charge on any atom is -0.288 e. The summed E-state index contributed by atoms with van der Waals surface area (Å²) in [5.74, 6) is -0.263. The summed E-state index contributed by atoms with van der Waals surface area (Å²) in [6.07, 6.45) is 0. The Morgan fingerprint density at radius 3 is 2.43 bits per heavy atom. The van der Waals surface area contributed by atoms with Crippen LogP contribution in [0.3, 0.4) is 0 Å². The van der Waals surface area contributed by atoms with Crippen molar-refractivity contribution in [3.8, 4) is 0 Å². The summed E-state index contributed by atoms with van der Waals surface area (Å²) in [5, 5.41) is 3.28. The highest BCUT2D eigenvalue weighted by Crippen LogP contribution is 2.39. The van der Waals surface area contributed by atoms with Gasteiger partial charge in [-0.05, 0) is 12.1 Å². The van der Waals surface area contributed by atoms with Crippen LogP contribution in [-0.2, 0) is 0 Å². The summed E-state index contributed by atoms with van der Waals surface area (Å²) in [4.78, 5) is 12.8. The first-order valence-corrected chi connectivity index (χ1v) is 8.23. The molecule has 0 radical (unpaired) electrons. The molecule has 0 aliphatic rings. The summed E-state index contributed by atoms with van der Waals surface area (Å²) in [6.45, 7) is 0. The smallest absolute Gasteiger partial charge is 0.197 e. The van der Waals surface area contributed by atoms with E-state index in [0.29, 0.717) is 5.56 Å². The molecule has 0 spiro atoms. The van der Waals surface area contributed by atoms with Gasteiger partial charge in [-0.25, -0.2) is 0 Å². The van der Waals surface area contributed by atoms with Gasteiger partial charge in [0.05, 0.1) is 25.7 Å². The van der Waals surface area contributed by atoms with Gasteiger partial charge in [-0.15, -0.1) is 11.3 Å². The third kappa shape index (κ3) is 2.56. The molecule has 6 heteroatoms. The average molecular weight is 376 g/mol. The Morgan fingerprint density at radius 1 is 0.952 bits per heavy atom. The van der Waals surface area contributed by atoms with E-state index in [4.69, 9.17) is 46.4 Å². The highest BCUT2D eigenvalue weighted by molar-refractivity contribution is 7.17. The monoisotopic (exact) mass is 374 g/mol. The molecule has 3 rings (SSSR count). The van der Waals surface area contributed by atoms with Crippen molar-refractivity contribution in [2.75, 3.05) is 0 Å². The predicted molar refractivity (Wildman–Crippen MR) is 91.7 cm³/mol. The average Bonchev–Trinajstić information content (AvgIpc) is 2.88. The van der Waals surface area contributed by atoms with Crippen LogP contribution in [0.4, 0.5) is 0 Å². The van der Waals surface area contributed by atoms with Crippen molar-refractivity contribution in [1.82, 2.24) is 0 Å². The molecule has 0 fully saturated rings. The zero-order chi connectivity index (χ0) is 15.1. The molecular formula is C15H6Cl4OS. The number of thiophene rings is 1. The van der Waals surface area contributed by atoms with Gasteiger partial charge in [0, 0.05) is 21.0 Å². The Labute approximate surface area is 145 Å². The second-order valence-corrected chi connectivity index (χ2v) is 6.80. The lowest BCUT2D eigenvalue weighted by Gasteiger charge is -2.08. The molecule has 0 N–H and O–H groups in total. The quantitative estimate of drug-likeness (QED) is 0.275. The van der Waals surface area contributed by atoms with Gasteiger partial charge in [0.15, 0.2) is 5.78 Å². The standard InChI is InChI=1S/C15H6Cl4OS/c16-9-5-10(17)13(18)14(19)12(9)15(20)8-6-21-11-4-2-1-3-7(8)11/h1-6H. The Kier molecular flexibility index (Phi) is 4.17. The Balaban J connectivity index is 2.22. The molecule has 1 aromatic heterocycles. The number of carbonyl (C=O) groups excluding carboxylic acids is 1. The van der Waals surface area contributed by atoms with Crippen LogP contribution in [0.25, 0.3) is 10.1 Å². The number of hydrogen-bond donors (Lipinski definition) is 0. The molecular weight excluding hydrogens is 370 g/mol. The van der Waals surface area contributed by atoms with Crippen LogP contribution in [-0.4, -0.2) is 5.78 Å². The van der Waals surface area contributed by atoms with Crippen molar-refractivity contribution in [2.45, 2.75) is 0 Å². The maximum absolute atomic E-state index is 12.8. The van der Waals surface area contributed by atoms with Crippen LogP contribution in [0.2, 0.25) is 20.1 Å². The van der Waals surface area contributed by atoms with Gasteiger partial charge in [0.2, 0.25) is 0 Å². The summed E-state index contributed by atoms with van der Waals surface area (Å²) in [6, 6.07) is 9.07. The fraction of sp³-hybridized carbons (Fsp3) is 0. The molecule has 21 heavy (non-hydrogen) atoms. The van der Waals surface area contributed by atoms with Gasteiger partial charge >= 0.3 is 0 Å². The summed E-state index contributed by atoms with van der Waals surface area (Å²) >= 11 is 25.7. The summed E-state index contributed by atoms with van der Waals surface area (Å²) in [7, 11) is 0. The zero-order valence-corrected chi connectivity index (χ0v) is 14.1. The molecule has 0 saturated heterocycles. The van der Waals surface area contributed by atoms with Crippen LogP contribution in [0.5, 0.6) is 0 Å². The molecule has 0 unspecified atom stereocenters. The largest absolute Gasteiger partial charge is 0.288 e. The Hall–Kier alpha value is -0.770. The van der Waals surface area contributed by atoms with Crippen molar-refractivity contribution < 1.29 is 4.79 Å². The first kappa shape index (κ1) is 15.1. The van der Waals surface area contributed by atoms with E-state index in [0.717, 1.165) is 10.1 Å². The van der Waals surface area contributed by atoms with Crippen molar-refractivity contribution in [2.24, 2.45) is 0 Å². The lowest BCUT2D eigenvalue weighted by atomic mass is 10.0. The van der Waals surface area contributed by atoms with Crippen molar-refractivity contribution >= 4 is 73.6 Å². The molecule has 0 aliphatic carbocycles. The van der Waals surface area contributed by atoms with Gasteiger partial charge in [0.1, 0.15) is 0 Å². The third-order valence-electron chi connectivity index (χ3n) is 3.07. The minimum absolute atomic E-state index is 0.0782. The van der Waals surface area contributed by atoms with E-state index in [-0.39, 0.29) is 31.4 Å². The summed E-state index contributed by atoms with van der Waals surface area (Å²) in [5.41, 5.74) is 0.731. The second-order valence-electron chi connectivity index (χ2n) is 4.32. The maximum atomic E-state index is 12.8. The summed E-state index contributed by atoms with van der Waals surface area (Å²) < 4.78 is 1.02. The number of rotatable bonds is 2. The fourth-order valence-corrected chi connectivity index (χ4v) is 4.09. The molecule has 106 valence electrons. The number of halogens is 4. The van der Waals surface area contributed by atoms with Crippen molar-refractivity contribution in [1.29, 1.82) is 0 Å². The SMILES string of the molecule is O=C(c1c(Cl)cc(Cl)c(Cl)c1Cl)c1csc2ccccc12. The van der Waals surface area contributed by atoms with Crippen LogP contribution in [0.1, 0.15) is 15.9 Å². The van der Waals surface area contributed by atoms with Crippen LogP contribution in [0.15, 0.2) is 35.7 Å². The number of hydrogen-bond acceptors (Lipinski definition) is 2. The minimum atomic E-state index is -0.263. The van der Waals surface area contributed by atoms with Gasteiger partial charge in [-0.3, -0.25) is 4.79 Å². The third-order valence-corrected chi connectivity index (χ3v) is 5.59. The Morgan fingerprint density at radius 2 is 1.67 bits per heavy atom. The van der Waals surface area contributed by atoms with Gasteiger partial charge in [0.25, 0.3) is 0 Å². The van der Waals surface area contributed by atoms with E-state index >= 15 is 0 Å². The van der Waals surface area contributed by atoms with Crippen molar-refractivity contribution in [3.63, 3.8) is 0 Å². The molecule has 1 nitrogen and oxygen atoms in total. The van der Waals surface area contributed by atoms with Crippen molar-refractivity contribution in [3.05, 3.63) is 66.9 Å². The first-order valence-electron chi connectivity index (χ1n) is 5.84. The van der Waals surface area contributed by atoms with Crippen LogP contribution < -0.4 is 0 Å². The molecule has 2 aromatic carbocycles. The topological polar surface area (TPSA) is 17.1 Å². The van der Waals surface area contributed by atoms with E-state index in [2.05, 4.69) is 0 Å². The Bertz CT molecular complexity index is 869. The first-order chi connectivity index (χ1) is 10.0. The highest BCUT2D eigenvalue weighted by Gasteiger charge is 2.23. The zero-order valence-electron chi connectivity index (χ0n) is 10.3. The van der Waals surface area contributed by atoms with E-state index in [9.17, 15) is 4.79 Å². The molecule has 3 aromatic rings. The molecule has 0 bridgehead atoms. The van der Waals surface area contributed by atoms with Gasteiger partial charge < -0.3 is 0 Å². The predicted octanol–water partition coefficient (Wildman–Crippen LogP) is 6.75. The maximum Gasteiger partial charge on any atom is 0.197 e. The fourth-order valence-electron chi connectivity index (χ4n) is 2.06. The number of carbonyl (C=O) groups is 1. The molecule has 0 amide bonds. The number of ketones is 1. The molecule has 0 atom stereocenters. The lowest BCUT2D eigenvalue weighted by molar-refractivity contribution is 0.104.